The highest BCUT2D eigenvalue weighted by Crippen LogP contribution is 2.18. The van der Waals surface area contributed by atoms with Gasteiger partial charge < -0.3 is 9.30 Å². The Morgan fingerprint density at radius 1 is 1.25 bits per heavy atom. The minimum atomic E-state index is -0.192. The van der Waals surface area contributed by atoms with Crippen molar-refractivity contribution in [2.45, 2.75) is 0 Å². The maximum atomic E-state index is 12.4. The second kappa shape index (κ2) is 4.94. The molecule has 1 aromatic carbocycles. The quantitative estimate of drug-likeness (QED) is 0.728. The van der Waals surface area contributed by atoms with Crippen LogP contribution in [0.25, 0.3) is 5.65 Å². The van der Waals surface area contributed by atoms with Gasteiger partial charge >= 0.3 is 0 Å². The molecule has 0 fully saturated rings. The third-order valence-electron chi connectivity index (χ3n) is 3.02. The lowest BCUT2D eigenvalue weighted by Gasteiger charge is -2.16. The molecule has 2 heterocycles. The fraction of sp³-hybridized carbons (Fsp3) is 0.0714. The molecule has 5 nitrogen and oxygen atoms in total. The first kappa shape index (κ1) is 12.6. The van der Waals surface area contributed by atoms with Gasteiger partial charge in [-0.2, -0.15) is 0 Å². The summed E-state index contributed by atoms with van der Waals surface area (Å²) in [5.74, 6) is -0.192. The van der Waals surface area contributed by atoms with Crippen LogP contribution in [0.2, 0.25) is 5.02 Å². The van der Waals surface area contributed by atoms with Gasteiger partial charge in [-0.15, -0.1) is 0 Å². The lowest BCUT2D eigenvalue weighted by molar-refractivity contribution is 0.0988. The molecule has 0 aliphatic rings. The minimum absolute atomic E-state index is 0.192. The number of carbonyl (C=O) groups excluding carboxylic acids is 1. The Morgan fingerprint density at radius 2 is 2.00 bits per heavy atom. The highest BCUT2D eigenvalue weighted by molar-refractivity contribution is 6.30. The van der Waals surface area contributed by atoms with E-state index >= 15 is 0 Å². The Morgan fingerprint density at radius 3 is 2.75 bits per heavy atom. The van der Waals surface area contributed by atoms with Crippen LogP contribution in [0.5, 0.6) is 0 Å². The summed E-state index contributed by atoms with van der Waals surface area (Å²) in [7, 11) is 1.70. The van der Waals surface area contributed by atoms with Gasteiger partial charge in [-0.1, -0.05) is 11.6 Å². The molecule has 1 amide bonds. The first-order valence-corrected chi connectivity index (χ1v) is 6.35. The number of halogens is 1. The van der Waals surface area contributed by atoms with E-state index in [9.17, 15) is 4.79 Å². The summed E-state index contributed by atoms with van der Waals surface area (Å²) >= 11 is 5.84. The predicted molar refractivity (Wildman–Crippen MR) is 77.2 cm³/mol. The van der Waals surface area contributed by atoms with Crippen molar-refractivity contribution in [1.82, 2.24) is 14.4 Å². The maximum Gasteiger partial charge on any atom is 0.278 e. The molecule has 0 spiro atoms. The summed E-state index contributed by atoms with van der Waals surface area (Å²) in [6, 6.07) is 7.06. The van der Waals surface area contributed by atoms with Crippen LogP contribution < -0.4 is 4.90 Å². The Labute approximate surface area is 120 Å². The van der Waals surface area contributed by atoms with E-state index in [0.717, 1.165) is 5.69 Å². The minimum Gasteiger partial charge on any atom is -0.310 e. The van der Waals surface area contributed by atoms with Gasteiger partial charge in [0.05, 0.1) is 6.20 Å². The summed E-state index contributed by atoms with van der Waals surface area (Å²) in [6.07, 6.45) is 6.67. The molecule has 20 heavy (non-hydrogen) atoms. The van der Waals surface area contributed by atoms with Gasteiger partial charge in [0.1, 0.15) is 5.69 Å². The summed E-state index contributed by atoms with van der Waals surface area (Å²) in [5, 5.41) is 0.632. The van der Waals surface area contributed by atoms with E-state index in [0.29, 0.717) is 16.4 Å². The zero-order valence-electron chi connectivity index (χ0n) is 10.7. The summed E-state index contributed by atoms with van der Waals surface area (Å²) in [4.78, 5) is 22.2. The monoisotopic (exact) mass is 286 g/mol. The number of benzene rings is 1. The van der Waals surface area contributed by atoms with Crippen molar-refractivity contribution in [2.75, 3.05) is 11.9 Å². The van der Waals surface area contributed by atoms with Crippen LogP contribution in [-0.4, -0.2) is 27.3 Å². The standard InChI is InChI=1S/C14H11ClN4O/c1-18(11-4-2-10(15)3-5-11)14(20)12-9-19-7-6-16-13(19)8-17-12/h2-9H,1H3. The van der Waals surface area contributed by atoms with Crippen molar-refractivity contribution >= 4 is 28.8 Å². The molecule has 0 saturated carbocycles. The number of nitrogens with zero attached hydrogens (tertiary/aromatic N) is 4. The fourth-order valence-electron chi connectivity index (χ4n) is 1.89. The zero-order valence-corrected chi connectivity index (χ0v) is 11.4. The molecular formula is C14H11ClN4O. The van der Waals surface area contributed by atoms with Gasteiger partial charge in [-0.3, -0.25) is 4.79 Å². The Kier molecular flexibility index (Phi) is 3.12. The molecule has 0 bridgehead atoms. The molecule has 0 atom stereocenters. The number of rotatable bonds is 2. The van der Waals surface area contributed by atoms with Crippen molar-refractivity contribution in [2.24, 2.45) is 0 Å². The van der Waals surface area contributed by atoms with Crippen molar-refractivity contribution in [3.8, 4) is 0 Å². The number of hydrogen-bond donors (Lipinski definition) is 0. The van der Waals surface area contributed by atoms with Crippen LogP contribution in [0, 0.1) is 0 Å². The molecule has 0 aliphatic carbocycles. The summed E-state index contributed by atoms with van der Waals surface area (Å²) in [6.45, 7) is 0. The number of aromatic nitrogens is 3. The van der Waals surface area contributed by atoms with E-state index in [1.165, 1.54) is 4.90 Å². The van der Waals surface area contributed by atoms with E-state index in [-0.39, 0.29) is 5.91 Å². The van der Waals surface area contributed by atoms with Crippen LogP contribution in [0.15, 0.2) is 49.1 Å². The van der Waals surface area contributed by atoms with Crippen molar-refractivity contribution in [1.29, 1.82) is 0 Å². The Hall–Kier alpha value is -2.40. The van der Waals surface area contributed by atoms with Gasteiger partial charge in [-0.25, -0.2) is 9.97 Å². The maximum absolute atomic E-state index is 12.4. The first-order valence-electron chi connectivity index (χ1n) is 5.97. The van der Waals surface area contributed by atoms with Crippen molar-refractivity contribution in [3.05, 3.63) is 59.8 Å². The van der Waals surface area contributed by atoms with E-state index in [2.05, 4.69) is 9.97 Å². The lowest BCUT2D eigenvalue weighted by atomic mass is 10.3. The summed E-state index contributed by atoms with van der Waals surface area (Å²) < 4.78 is 1.76. The molecule has 100 valence electrons. The van der Waals surface area contributed by atoms with Crippen molar-refractivity contribution in [3.63, 3.8) is 0 Å². The number of fused-ring (bicyclic) bond motifs is 1. The second-order valence-electron chi connectivity index (χ2n) is 4.31. The Balaban J connectivity index is 1.92. The molecular weight excluding hydrogens is 276 g/mol. The highest BCUT2D eigenvalue weighted by atomic mass is 35.5. The second-order valence-corrected chi connectivity index (χ2v) is 4.74. The molecule has 6 heteroatoms. The third kappa shape index (κ3) is 2.23. The van der Waals surface area contributed by atoms with Crippen LogP contribution in [0.4, 0.5) is 5.69 Å². The molecule has 0 N–H and O–H groups in total. The smallest absolute Gasteiger partial charge is 0.278 e. The molecule has 0 saturated heterocycles. The number of anilines is 1. The summed E-state index contributed by atoms with van der Waals surface area (Å²) in [5.41, 5.74) is 1.82. The Bertz CT molecular complexity index is 766. The van der Waals surface area contributed by atoms with Crippen molar-refractivity contribution < 1.29 is 4.79 Å². The molecule has 3 rings (SSSR count). The van der Waals surface area contributed by atoms with Gasteiger partial charge in [0, 0.05) is 36.3 Å². The fourth-order valence-corrected chi connectivity index (χ4v) is 2.02. The molecule has 0 radical (unpaired) electrons. The van der Waals surface area contributed by atoms with Crippen LogP contribution in [0.1, 0.15) is 10.5 Å². The van der Waals surface area contributed by atoms with Gasteiger partial charge in [0.25, 0.3) is 5.91 Å². The van der Waals surface area contributed by atoms with Crippen LogP contribution in [0.3, 0.4) is 0 Å². The lowest BCUT2D eigenvalue weighted by Crippen LogP contribution is -2.27. The van der Waals surface area contributed by atoms with Crippen LogP contribution in [-0.2, 0) is 0 Å². The molecule has 2 aromatic heterocycles. The molecule has 0 unspecified atom stereocenters. The zero-order chi connectivity index (χ0) is 14.1. The van der Waals surface area contributed by atoms with E-state index in [1.54, 1.807) is 60.5 Å². The van der Waals surface area contributed by atoms with Crippen LogP contribution >= 0.6 is 11.6 Å². The molecule has 3 aromatic rings. The highest BCUT2D eigenvalue weighted by Gasteiger charge is 2.15. The average molecular weight is 287 g/mol. The topological polar surface area (TPSA) is 50.5 Å². The van der Waals surface area contributed by atoms with E-state index in [1.807, 2.05) is 0 Å². The number of carbonyl (C=O) groups is 1. The first-order chi connectivity index (χ1) is 9.65. The predicted octanol–water partition coefficient (Wildman–Crippen LogP) is 2.66. The van der Waals surface area contributed by atoms with Gasteiger partial charge in [-0.05, 0) is 24.3 Å². The number of amides is 1. The normalized spacial score (nSPS) is 10.7. The van der Waals surface area contributed by atoms with Gasteiger partial charge in [0.2, 0.25) is 0 Å². The molecule has 0 aliphatic heterocycles. The van der Waals surface area contributed by atoms with Gasteiger partial charge in [0.15, 0.2) is 5.65 Å². The third-order valence-corrected chi connectivity index (χ3v) is 3.27. The SMILES string of the molecule is CN(C(=O)c1cn2ccnc2cn1)c1ccc(Cl)cc1. The number of imidazole rings is 1. The largest absolute Gasteiger partial charge is 0.310 e. The number of hydrogen-bond acceptors (Lipinski definition) is 3. The van der Waals surface area contributed by atoms with E-state index < -0.39 is 0 Å². The average Bonchev–Trinajstić information content (AvgIpc) is 2.94. The van der Waals surface area contributed by atoms with E-state index in [4.69, 9.17) is 11.6 Å².